The van der Waals surface area contributed by atoms with Crippen LogP contribution in [-0.4, -0.2) is 5.78 Å². The molecule has 0 bridgehead atoms. The molecular weight excluding hydrogens is 162 g/mol. The van der Waals surface area contributed by atoms with Crippen LogP contribution in [0.25, 0.3) is 0 Å². The van der Waals surface area contributed by atoms with Gasteiger partial charge >= 0.3 is 0 Å². The van der Waals surface area contributed by atoms with Crippen molar-refractivity contribution in [3.05, 3.63) is 0 Å². The molecule has 13 heavy (non-hydrogen) atoms. The Kier molecular flexibility index (Phi) is 4.53. The fourth-order valence-corrected chi connectivity index (χ4v) is 1.98. The summed E-state index contributed by atoms with van der Waals surface area (Å²) in [6, 6.07) is 2.03. The third-order valence-corrected chi connectivity index (χ3v) is 2.79. The van der Waals surface area contributed by atoms with Crippen LogP contribution in [0.4, 0.5) is 0 Å². The Morgan fingerprint density at radius 1 is 1.23 bits per heavy atom. The number of hydrogen-bond donors (Lipinski definition) is 0. The first-order valence-electron chi connectivity index (χ1n) is 5.24. The summed E-state index contributed by atoms with van der Waals surface area (Å²) in [4.78, 5) is 11.6. The van der Waals surface area contributed by atoms with Gasteiger partial charge < -0.3 is 0 Å². The van der Waals surface area contributed by atoms with E-state index >= 15 is 0 Å². The fraction of sp³-hybridized carbons (Fsp3) is 0.818. The van der Waals surface area contributed by atoms with Crippen molar-refractivity contribution >= 4 is 5.78 Å². The number of Topliss-reactive ketones (excluding diaryl/α,β-unsaturated/α-hetero) is 1. The van der Waals surface area contributed by atoms with E-state index in [1.165, 1.54) is 25.7 Å². The maximum absolute atomic E-state index is 11.6. The zero-order chi connectivity index (χ0) is 9.52. The van der Waals surface area contributed by atoms with Gasteiger partial charge in [0.1, 0.15) is 5.78 Å². The molecule has 0 saturated heterocycles. The molecule has 0 aromatic heterocycles. The van der Waals surface area contributed by atoms with Crippen LogP contribution in [0.3, 0.4) is 0 Å². The average Bonchev–Trinajstić information content (AvgIpc) is 2.42. The summed E-state index contributed by atoms with van der Waals surface area (Å²) in [6.45, 7) is 0. The Labute approximate surface area is 79.9 Å². The van der Waals surface area contributed by atoms with E-state index in [4.69, 9.17) is 5.26 Å². The SMILES string of the molecule is N#CCCC(=O)C1CCCCCC1. The topological polar surface area (TPSA) is 40.9 Å². The molecule has 1 fully saturated rings. The quantitative estimate of drug-likeness (QED) is 0.625. The molecule has 0 unspecified atom stereocenters. The summed E-state index contributed by atoms with van der Waals surface area (Å²) >= 11 is 0. The number of carbonyl (C=O) groups excluding carboxylic acids is 1. The summed E-state index contributed by atoms with van der Waals surface area (Å²) in [7, 11) is 0. The van der Waals surface area contributed by atoms with Crippen LogP contribution in [0, 0.1) is 17.2 Å². The van der Waals surface area contributed by atoms with Gasteiger partial charge in [0.25, 0.3) is 0 Å². The molecule has 0 aromatic carbocycles. The predicted octanol–water partition coefficient (Wildman–Crippen LogP) is 2.83. The van der Waals surface area contributed by atoms with E-state index in [0.29, 0.717) is 18.6 Å². The van der Waals surface area contributed by atoms with Gasteiger partial charge in [0.05, 0.1) is 6.07 Å². The summed E-state index contributed by atoms with van der Waals surface area (Å²) < 4.78 is 0. The van der Waals surface area contributed by atoms with Crippen molar-refractivity contribution in [2.24, 2.45) is 5.92 Å². The van der Waals surface area contributed by atoms with Crippen molar-refractivity contribution in [2.45, 2.75) is 51.4 Å². The molecule has 0 spiro atoms. The summed E-state index contributed by atoms with van der Waals surface area (Å²) in [5.74, 6) is 0.597. The zero-order valence-electron chi connectivity index (χ0n) is 8.09. The largest absolute Gasteiger partial charge is 0.299 e. The van der Waals surface area contributed by atoms with E-state index in [0.717, 1.165) is 12.8 Å². The van der Waals surface area contributed by atoms with Crippen LogP contribution >= 0.6 is 0 Å². The maximum Gasteiger partial charge on any atom is 0.137 e. The first-order chi connectivity index (χ1) is 6.34. The molecule has 0 N–H and O–H groups in total. The Hall–Kier alpha value is -0.840. The minimum absolute atomic E-state index is 0.274. The van der Waals surface area contributed by atoms with Gasteiger partial charge in [-0.3, -0.25) is 4.79 Å². The van der Waals surface area contributed by atoms with E-state index in [1.54, 1.807) is 0 Å². The molecule has 0 radical (unpaired) electrons. The fourth-order valence-electron chi connectivity index (χ4n) is 1.98. The smallest absolute Gasteiger partial charge is 0.137 e. The molecule has 2 nitrogen and oxygen atoms in total. The second-order valence-corrected chi connectivity index (χ2v) is 3.81. The van der Waals surface area contributed by atoms with E-state index in [-0.39, 0.29) is 5.92 Å². The number of nitriles is 1. The van der Waals surface area contributed by atoms with Crippen molar-refractivity contribution in [3.63, 3.8) is 0 Å². The van der Waals surface area contributed by atoms with Crippen molar-refractivity contribution < 1.29 is 4.79 Å². The first kappa shape index (κ1) is 10.2. The number of rotatable bonds is 3. The summed E-state index contributed by atoms with van der Waals surface area (Å²) in [5.41, 5.74) is 0. The molecule has 1 rings (SSSR count). The highest BCUT2D eigenvalue weighted by molar-refractivity contribution is 5.81. The lowest BCUT2D eigenvalue weighted by Gasteiger charge is -2.10. The lowest BCUT2D eigenvalue weighted by Crippen LogP contribution is -2.13. The van der Waals surface area contributed by atoms with Crippen LogP contribution in [0.5, 0.6) is 0 Å². The molecule has 0 amide bonds. The Morgan fingerprint density at radius 3 is 2.38 bits per heavy atom. The van der Waals surface area contributed by atoms with E-state index in [2.05, 4.69) is 0 Å². The average molecular weight is 179 g/mol. The van der Waals surface area contributed by atoms with Gasteiger partial charge in [-0.25, -0.2) is 0 Å². The summed E-state index contributed by atoms with van der Waals surface area (Å²) in [5, 5.41) is 8.37. The Balaban J connectivity index is 2.31. The second kappa shape index (κ2) is 5.75. The standard InChI is InChI=1S/C11H17NO/c12-9-5-8-11(13)10-6-3-1-2-4-7-10/h10H,1-8H2. The van der Waals surface area contributed by atoms with Crippen molar-refractivity contribution in [3.8, 4) is 6.07 Å². The van der Waals surface area contributed by atoms with Crippen LogP contribution < -0.4 is 0 Å². The minimum Gasteiger partial charge on any atom is -0.299 e. The van der Waals surface area contributed by atoms with Crippen molar-refractivity contribution in [1.82, 2.24) is 0 Å². The highest BCUT2D eigenvalue weighted by Gasteiger charge is 2.18. The van der Waals surface area contributed by atoms with E-state index < -0.39 is 0 Å². The lowest BCUT2D eigenvalue weighted by molar-refractivity contribution is -0.123. The van der Waals surface area contributed by atoms with Crippen LogP contribution in [0.1, 0.15) is 51.4 Å². The number of ketones is 1. The van der Waals surface area contributed by atoms with E-state index in [1.807, 2.05) is 6.07 Å². The summed E-state index contributed by atoms with van der Waals surface area (Å²) in [6.07, 6.45) is 7.95. The number of carbonyl (C=O) groups is 1. The zero-order valence-corrected chi connectivity index (χ0v) is 8.09. The van der Waals surface area contributed by atoms with Gasteiger partial charge in [0.15, 0.2) is 0 Å². The van der Waals surface area contributed by atoms with Gasteiger partial charge in [-0.2, -0.15) is 5.26 Å². The molecule has 0 heterocycles. The first-order valence-corrected chi connectivity index (χ1v) is 5.24. The highest BCUT2D eigenvalue weighted by Crippen LogP contribution is 2.24. The molecule has 1 aliphatic rings. The molecule has 0 aromatic rings. The number of hydrogen-bond acceptors (Lipinski definition) is 2. The van der Waals surface area contributed by atoms with Gasteiger partial charge in [0, 0.05) is 18.8 Å². The van der Waals surface area contributed by atoms with Gasteiger partial charge in [-0.05, 0) is 12.8 Å². The molecule has 1 saturated carbocycles. The van der Waals surface area contributed by atoms with E-state index in [9.17, 15) is 4.79 Å². The van der Waals surface area contributed by atoms with Crippen molar-refractivity contribution in [1.29, 1.82) is 5.26 Å². The third kappa shape index (κ3) is 3.59. The molecule has 2 heteroatoms. The minimum atomic E-state index is 0.274. The molecule has 0 aliphatic heterocycles. The molecule has 1 aliphatic carbocycles. The second-order valence-electron chi connectivity index (χ2n) is 3.81. The van der Waals surface area contributed by atoms with Gasteiger partial charge in [-0.15, -0.1) is 0 Å². The Bertz CT molecular complexity index is 197. The highest BCUT2D eigenvalue weighted by atomic mass is 16.1. The third-order valence-electron chi connectivity index (χ3n) is 2.79. The monoisotopic (exact) mass is 179 g/mol. The molecule has 72 valence electrons. The normalized spacial score (nSPS) is 19.0. The molecular formula is C11H17NO. The Morgan fingerprint density at radius 2 is 1.85 bits per heavy atom. The lowest BCUT2D eigenvalue weighted by atomic mass is 9.93. The van der Waals surface area contributed by atoms with Gasteiger partial charge in [0.2, 0.25) is 0 Å². The predicted molar refractivity (Wildman–Crippen MR) is 51.0 cm³/mol. The molecule has 0 atom stereocenters. The maximum atomic E-state index is 11.6. The van der Waals surface area contributed by atoms with Crippen molar-refractivity contribution in [2.75, 3.05) is 0 Å². The van der Waals surface area contributed by atoms with Crippen LogP contribution in [0.15, 0.2) is 0 Å². The van der Waals surface area contributed by atoms with Gasteiger partial charge in [-0.1, -0.05) is 25.7 Å². The van der Waals surface area contributed by atoms with Crippen LogP contribution in [0.2, 0.25) is 0 Å². The number of nitrogens with zero attached hydrogens (tertiary/aromatic N) is 1. The van der Waals surface area contributed by atoms with Crippen LogP contribution in [-0.2, 0) is 4.79 Å².